The van der Waals surface area contributed by atoms with Crippen molar-refractivity contribution in [1.29, 1.82) is 0 Å². The van der Waals surface area contributed by atoms with Crippen LogP contribution >= 0.6 is 11.8 Å². The SMILES string of the molecule is CCCCCN1C(=O)S/C(=C\c2ccc(N3CCOCC3)cc2)C1=O. The molecule has 2 aliphatic heterocycles. The summed E-state index contributed by atoms with van der Waals surface area (Å²) in [5.41, 5.74) is 2.10. The molecule has 0 aliphatic carbocycles. The van der Waals surface area contributed by atoms with Crippen molar-refractivity contribution in [3.63, 3.8) is 0 Å². The lowest BCUT2D eigenvalue weighted by molar-refractivity contribution is -0.122. The summed E-state index contributed by atoms with van der Waals surface area (Å²) in [5, 5.41) is -0.155. The number of hydrogen-bond acceptors (Lipinski definition) is 5. The van der Waals surface area contributed by atoms with Crippen LogP contribution in [0.4, 0.5) is 10.5 Å². The van der Waals surface area contributed by atoms with E-state index in [1.54, 1.807) is 0 Å². The fraction of sp³-hybridized carbons (Fsp3) is 0.474. The molecule has 0 aromatic heterocycles. The van der Waals surface area contributed by atoms with Gasteiger partial charge < -0.3 is 9.64 Å². The zero-order valence-electron chi connectivity index (χ0n) is 14.6. The highest BCUT2D eigenvalue weighted by molar-refractivity contribution is 8.18. The number of hydrogen-bond donors (Lipinski definition) is 0. The van der Waals surface area contributed by atoms with Crippen molar-refractivity contribution in [3.05, 3.63) is 34.7 Å². The van der Waals surface area contributed by atoms with Gasteiger partial charge in [-0.25, -0.2) is 0 Å². The standard InChI is InChI=1S/C19H24N2O3S/c1-2-3-4-9-21-18(22)17(25-19(21)23)14-15-5-7-16(8-6-15)20-10-12-24-13-11-20/h5-8,14H,2-4,9-13H2,1H3/b17-14-. The summed E-state index contributed by atoms with van der Waals surface area (Å²) in [7, 11) is 0. The molecule has 1 aromatic carbocycles. The fourth-order valence-electron chi connectivity index (χ4n) is 2.97. The van der Waals surface area contributed by atoms with Crippen molar-refractivity contribution < 1.29 is 14.3 Å². The highest BCUT2D eigenvalue weighted by Gasteiger charge is 2.34. The van der Waals surface area contributed by atoms with Gasteiger partial charge in [-0.05, 0) is 42.0 Å². The van der Waals surface area contributed by atoms with Gasteiger partial charge in [0.15, 0.2) is 0 Å². The number of unbranched alkanes of at least 4 members (excludes halogenated alkanes) is 2. The van der Waals surface area contributed by atoms with E-state index in [9.17, 15) is 9.59 Å². The van der Waals surface area contributed by atoms with Crippen molar-refractivity contribution in [3.8, 4) is 0 Å². The molecule has 0 bridgehead atoms. The first-order valence-electron chi connectivity index (χ1n) is 8.87. The maximum absolute atomic E-state index is 12.4. The smallest absolute Gasteiger partial charge is 0.293 e. The number of thioether (sulfide) groups is 1. The second kappa shape index (κ2) is 8.54. The molecule has 0 saturated carbocycles. The first-order valence-corrected chi connectivity index (χ1v) is 9.69. The number of rotatable bonds is 6. The minimum atomic E-state index is -0.164. The van der Waals surface area contributed by atoms with E-state index < -0.39 is 0 Å². The summed E-state index contributed by atoms with van der Waals surface area (Å²) < 4.78 is 5.37. The van der Waals surface area contributed by atoms with Gasteiger partial charge in [0.1, 0.15) is 0 Å². The summed E-state index contributed by atoms with van der Waals surface area (Å²) in [6, 6.07) is 8.11. The van der Waals surface area contributed by atoms with Crippen molar-refractivity contribution >= 4 is 34.7 Å². The first-order chi connectivity index (χ1) is 12.2. The summed E-state index contributed by atoms with van der Waals surface area (Å²) in [4.78, 5) is 28.6. The second-order valence-corrected chi connectivity index (χ2v) is 7.22. The van der Waals surface area contributed by atoms with E-state index in [0.717, 1.165) is 68.6 Å². The molecule has 2 amide bonds. The number of ether oxygens (including phenoxy) is 1. The largest absolute Gasteiger partial charge is 0.378 e. The van der Waals surface area contributed by atoms with Gasteiger partial charge in [0.05, 0.1) is 18.1 Å². The Kier molecular flexibility index (Phi) is 6.15. The number of imide groups is 1. The van der Waals surface area contributed by atoms with Gasteiger partial charge in [0, 0.05) is 25.3 Å². The lowest BCUT2D eigenvalue weighted by Crippen LogP contribution is -2.36. The molecule has 2 saturated heterocycles. The summed E-state index contributed by atoms with van der Waals surface area (Å²) >= 11 is 1.04. The number of benzene rings is 1. The maximum Gasteiger partial charge on any atom is 0.293 e. The van der Waals surface area contributed by atoms with Crippen molar-refractivity contribution in [2.75, 3.05) is 37.7 Å². The molecule has 0 radical (unpaired) electrons. The Balaban J connectivity index is 1.66. The molecule has 0 unspecified atom stereocenters. The molecular weight excluding hydrogens is 336 g/mol. The first kappa shape index (κ1) is 18.0. The van der Waals surface area contributed by atoms with Crippen LogP contribution in [0, 0.1) is 0 Å². The third-order valence-electron chi connectivity index (χ3n) is 4.43. The number of carbonyl (C=O) groups excluding carboxylic acids is 2. The Morgan fingerprint density at radius 3 is 2.52 bits per heavy atom. The summed E-state index contributed by atoms with van der Waals surface area (Å²) in [6.07, 6.45) is 4.79. The molecule has 0 N–H and O–H groups in total. The third kappa shape index (κ3) is 4.44. The zero-order valence-corrected chi connectivity index (χ0v) is 15.4. The molecule has 0 spiro atoms. The van der Waals surface area contributed by atoms with Crippen molar-refractivity contribution in [2.24, 2.45) is 0 Å². The monoisotopic (exact) mass is 360 g/mol. The highest BCUT2D eigenvalue weighted by atomic mass is 32.2. The molecule has 2 aliphatic rings. The average Bonchev–Trinajstić information content (AvgIpc) is 2.90. The van der Waals surface area contributed by atoms with E-state index in [-0.39, 0.29) is 11.1 Å². The maximum atomic E-state index is 12.4. The molecule has 2 heterocycles. The van der Waals surface area contributed by atoms with E-state index >= 15 is 0 Å². The van der Waals surface area contributed by atoms with Gasteiger partial charge in [-0.2, -0.15) is 0 Å². The predicted octanol–water partition coefficient (Wildman–Crippen LogP) is 3.75. The third-order valence-corrected chi connectivity index (χ3v) is 5.33. The number of morpholine rings is 1. The Morgan fingerprint density at radius 2 is 1.84 bits per heavy atom. The van der Waals surface area contributed by atoms with Crippen LogP contribution in [0.25, 0.3) is 6.08 Å². The molecule has 2 fully saturated rings. The van der Waals surface area contributed by atoms with Crippen LogP contribution in [0.15, 0.2) is 29.2 Å². The molecule has 25 heavy (non-hydrogen) atoms. The number of nitrogens with zero attached hydrogens (tertiary/aromatic N) is 2. The molecular formula is C19H24N2O3S. The van der Waals surface area contributed by atoms with Gasteiger partial charge in [-0.15, -0.1) is 0 Å². The minimum absolute atomic E-state index is 0.155. The second-order valence-electron chi connectivity index (χ2n) is 6.23. The Bertz CT molecular complexity index is 651. The van der Waals surface area contributed by atoms with Crippen molar-refractivity contribution in [2.45, 2.75) is 26.2 Å². The van der Waals surface area contributed by atoms with E-state index in [1.807, 2.05) is 18.2 Å². The average molecular weight is 360 g/mol. The van der Waals surface area contributed by atoms with Gasteiger partial charge in [0.25, 0.3) is 11.1 Å². The fourth-order valence-corrected chi connectivity index (χ4v) is 3.83. The van der Waals surface area contributed by atoms with Crippen molar-refractivity contribution in [1.82, 2.24) is 4.90 Å². The zero-order chi connectivity index (χ0) is 17.6. The number of anilines is 1. The molecule has 6 heteroatoms. The Morgan fingerprint density at radius 1 is 1.12 bits per heavy atom. The molecule has 3 rings (SSSR count). The molecule has 1 aromatic rings. The topological polar surface area (TPSA) is 49.9 Å². The van der Waals surface area contributed by atoms with Gasteiger partial charge in [-0.1, -0.05) is 31.9 Å². The quantitative estimate of drug-likeness (QED) is 0.571. The summed E-state index contributed by atoms with van der Waals surface area (Å²) in [5.74, 6) is -0.164. The molecule has 5 nitrogen and oxygen atoms in total. The normalized spacial score (nSPS) is 20.0. The molecule has 0 atom stereocenters. The Labute approximate surface area is 153 Å². The van der Waals surface area contributed by atoms with E-state index in [0.29, 0.717) is 11.4 Å². The minimum Gasteiger partial charge on any atom is -0.378 e. The summed E-state index contributed by atoms with van der Waals surface area (Å²) in [6.45, 7) is 5.94. The van der Waals surface area contributed by atoms with Crippen LogP contribution in [0.5, 0.6) is 0 Å². The van der Waals surface area contributed by atoms with Crippen LogP contribution in [0.2, 0.25) is 0 Å². The molecule has 134 valence electrons. The van der Waals surface area contributed by atoms with Gasteiger partial charge in [-0.3, -0.25) is 14.5 Å². The van der Waals surface area contributed by atoms with E-state index in [4.69, 9.17) is 4.74 Å². The van der Waals surface area contributed by atoms with Crippen LogP contribution < -0.4 is 4.90 Å². The van der Waals surface area contributed by atoms with Gasteiger partial charge >= 0.3 is 0 Å². The van der Waals surface area contributed by atoms with E-state index in [2.05, 4.69) is 24.0 Å². The number of carbonyl (C=O) groups is 2. The van der Waals surface area contributed by atoms with Crippen LogP contribution in [0.1, 0.15) is 31.7 Å². The Hall–Kier alpha value is -1.79. The number of amides is 2. The predicted molar refractivity (Wildman–Crippen MR) is 102 cm³/mol. The van der Waals surface area contributed by atoms with Crippen LogP contribution in [0.3, 0.4) is 0 Å². The van der Waals surface area contributed by atoms with E-state index in [1.165, 1.54) is 4.90 Å². The van der Waals surface area contributed by atoms with Crippen LogP contribution in [-0.2, 0) is 9.53 Å². The lowest BCUT2D eigenvalue weighted by atomic mass is 10.1. The lowest BCUT2D eigenvalue weighted by Gasteiger charge is -2.28. The van der Waals surface area contributed by atoms with Crippen LogP contribution in [-0.4, -0.2) is 48.9 Å². The van der Waals surface area contributed by atoms with Gasteiger partial charge in [0.2, 0.25) is 0 Å². The highest BCUT2D eigenvalue weighted by Crippen LogP contribution is 2.32.